The fraction of sp³-hybridized carbons (Fsp3) is 0.400. The van der Waals surface area contributed by atoms with Gasteiger partial charge >= 0.3 is 5.69 Å². The molecule has 0 spiro atoms. The maximum absolute atomic E-state index is 11.6. The van der Waals surface area contributed by atoms with Crippen LogP contribution in [-0.2, 0) is 16.3 Å². The molecule has 98 valence electrons. The predicted octanol–water partition coefficient (Wildman–Crippen LogP) is -0.712. The number of aromatic amines is 1. The SMILES string of the molecule is CCc1c(O)n(C2C=CS(=O)(=O)C2)c(=O)[nH]c1=O. The standard InChI is InChI=1S/C10H12N2O5S/c1-2-7-8(13)11-10(15)12(9(7)14)6-3-4-18(16,17)5-6/h3-4,6,14H,2,5H2,1H3,(H,11,13,15). The zero-order valence-corrected chi connectivity index (χ0v) is 10.4. The summed E-state index contributed by atoms with van der Waals surface area (Å²) in [5, 5.41) is 10.9. The van der Waals surface area contributed by atoms with Crippen LogP contribution >= 0.6 is 0 Å². The summed E-state index contributed by atoms with van der Waals surface area (Å²) in [5.74, 6) is -0.770. The van der Waals surface area contributed by atoms with Gasteiger partial charge in [-0.2, -0.15) is 0 Å². The zero-order chi connectivity index (χ0) is 13.5. The zero-order valence-electron chi connectivity index (χ0n) is 9.58. The van der Waals surface area contributed by atoms with Crippen molar-refractivity contribution >= 4 is 9.84 Å². The van der Waals surface area contributed by atoms with E-state index in [-0.39, 0.29) is 17.7 Å². The first-order chi connectivity index (χ1) is 8.35. The fourth-order valence-corrected chi connectivity index (χ4v) is 3.19. The van der Waals surface area contributed by atoms with Crippen LogP contribution in [0, 0.1) is 0 Å². The number of aromatic hydroxyl groups is 1. The van der Waals surface area contributed by atoms with Crippen molar-refractivity contribution < 1.29 is 13.5 Å². The Morgan fingerprint density at radius 1 is 1.50 bits per heavy atom. The largest absolute Gasteiger partial charge is 0.494 e. The van der Waals surface area contributed by atoms with Gasteiger partial charge in [0.2, 0.25) is 5.88 Å². The second kappa shape index (κ2) is 4.13. The van der Waals surface area contributed by atoms with Crippen molar-refractivity contribution in [1.82, 2.24) is 9.55 Å². The first kappa shape index (κ1) is 12.6. The molecule has 1 aromatic heterocycles. The van der Waals surface area contributed by atoms with Crippen LogP contribution in [0.3, 0.4) is 0 Å². The van der Waals surface area contributed by atoms with Crippen LogP contribution in [0.4, 0.5) is 0 Å². The molecule has 1 atom stereocenters. The molecule has 7 nitrogen and oxygen atoms in total. The van der Waals surface area contributed by atoms with E-state index in [0.29, 0.717) is 0 Å². The third-order valence-corrected chi connectivity index (χ3v) is 4.19. The van der Waals surface area contributed by atoms with E-state index in [0.717, 1.165) is 9.98 Å². The highest BCUT2D eigenvalue weighted by Gasteiger charge is 2.27. The Labute approximate surface area is 102 Å². The second-order valence-electron chi connectivity index (χ2n) is 4.01. The predicted molar refractivity (Wildman–Crippen MR) is 64.3 cm³/mol. The monoisotopic (exact) mass is 272 g/mol. The number of rotatable bonds is 2. The molecule has 0 saturated carbocycles. The minimum absolute atomic E-state index is 0.0623. The molecule has 18 heavy (non-hydrogen) atoms. The summed E-state index contributed by atoms with van der Waals surface area (Å²) in [5.41, 5.74) is -1.41. The minimum Gasteiger partial charge on any atom is -0.494 e. The van der Waals surface area contributed by atoms with Gasteiger partial charge in [-0.15, -0.1) is 0 Å². The van der Waals surface area contributed by atoms with E-state index in [1.54, 1.807) is 6.92 Å². The fourth-order valence-electron chi connectivity index (χ4n) is 1.92. The Hall–Kier alpha value is -1.83. The van der Waals surface area contributed by atoms with Gasteiger partial charge in [0.15, 0.2) is 9.84 Å². The molecular weight excluding hydrogens is 260 g/mol. The van der Waals surface area contributed by atoms with Gasteiger partial charge in [-0.05, 0) is 12.5 Å². The van der Waals surface area contributed by atoms with E-state index in [2.05, 4.69) is 4.98 Å². The number of nitrogens with zero attached hydrogens (tertiary/aromatic N) is 1. The Bertz CT molecular complexity index is 726. The van der Waals surface area contributed by atoms with Gasteiger partial charge in [0.25, 0.3) is 5.56 Å². The van der Waals surface area contributed by atoms with Crippen LogP contribution in [0.5, 0.6) is 5.88 Å². The average Bonchev–Trinajstić information content (AvgIpc) is 2.58. The molecule has 0 aromatic carbocycles. The van der Waals surface area contributed by atoms with Crippen molar-refractivity contribution in [3.05, 3.63) is 37.9 Å². The van der Waals surface area contributed by atoms with Crippen LogP contribution in [-0.4, -0.2) is 28.8 Å². The molecule has 1 aliphatic heterocycles. The first-order valence-corrected chi connectivity index (χ1v) is 7.05. The summed E-state index contributed by atoms with van der Waals surface area (Å²) in [6.45, 7) is 1.65. The number of nitrogens with one attached hydrogen (secondary N) is 1. The maximum atomic E-state index is 11.6. The highest BCUT2D eigenvalue weighted by Crippen LogP contribution is 2.23. The molecule has 0 radical (unpaired) electrons. The topological polar surface area (TPSA) is 109 Å². The van der Waals surface area contributed by atoms with Crippen molar-refractivity contribution in [2.75, 3.05) is 5.75 Å². The van der Waals surface area contributed by atoms with Gasteiger partial charge in [-0.1, -0.05) is 6.92 Å². The van der Waals surface area contributed by atoms with Crippen molar-refractivity contribution in [2.24, 2.45) is 0 Å². The number of sulfone groups is 1. The van der Waals surface area contributed by atoms with Crippen LogP contribution in [0.2, 0.25) is 0 Å². The number of H-pyrrole nitrogens is 1. The second-order valence-corrected chi connectivity index (χ2v) is 5.94. The quantitative estimate of drug-likeness (QED) is 0.739. The molecule has 0 saturated heterocycles. The van der Waals surface area contributed by atoms with Gasteiger partial charge in [0, 0.05) is 5.41 Å². The van der Waals surface area contributed by atoms with Gasteiger partial charge in [-0.3, -0.25) is 14.3 Å². The summed E-state index contributed by atoms with van der Waals surface area (Å²) in [6.07, 6.45) is 1.55. The Morgan fingerprint density at radius 3 is 2.67 bits per heavy atom. The van der Waals surface area contributed by atoms with Gasteiger partial charge < -0.3 is 5.11 Å². The molecular formula is C10H12N2O5S. The van der Waals surface area contributed by atoms with E-state index < -0.39 is 33.0 Å². The molecule has 2 heterocycles. The highest BCUT2D eigenvalue weighted by atomic mass is 32.2. The number of allylic oxidation sites excluding steroid dienone is 1. The van der Waals surface area contributed by atoms with Crippen molar-refractivity contribution in [3.8, 4) is 5.88 Å². The molecule has 0 fully saturated rings. The minimum atomic E-state index is -3.35. The number of hydrogen-bond donors (Lipinski definition) is 2. The number of aromatic nitrogens is 2. The first-order valence-electron chi connectivity index (χ1n) is 5.33. The van der Waals surface area contributed by atoms with Crippen molar-refractivity contribution in [1.29, 1.82) is 0 Å². The molecule has 0 aliphatic carbocycles. The summed E-state index contributed by atoms with van der Waals surface area (Å²) < 4.78 is 23.5. The van der Waals surface area contributed by atoms with E-state index in [1.807, 2.05) is 0 Å². The van der Waals surface area contributed by atoms with Crippen molar-refractivity contribution in [3.63, 3.8) is 0 Å². The summed E-state index contributed by atoms with van der Waals surface area (Å²) >= 11 is 0. The Balaban J connectivity index is 2.64. The van der Waals surface area contributed by atoms with Gasteiger partial charge in [0.1, 0.15) is 0 Å². The molecule has 0 amide bonds. The lowest BCUT2D eigenvalue weighted by molar-refractivity contribution is 0.387. The van der Waals surface area contributed by atoms with E-state index in [9.17, 15) is 23.1 Å². The third-order valence-electron chi connectivity index (χ3n) is 2.81. The molecule has 1 unspecified atom stereocenters. The lowest BCUT2D eigenvalue weighted by Gasteiger charge is -2.14. The Kier molecular flexibility index (Phi) is 2.89. The molecule has 0 bridgehead atoms. The summed E-state index contributed by atoms with van der Waals surface area (Å²) in [7, 11) is -3.35. The smallest absolute Gasteiger partial charge is 0.331 e. The highest BCUT2D eigenvalue weighted by molar-refractivity contribution is 7.94. The molecule has 1 aliphatic rings. The molecule has 1 aromatic rings. The average molecular weight is 272 g/mol. The van der Waals surface area contributed by atoms with Gasteiger partial charge in [0.05, 0.1) is 17.4 Å². The lowest BCUT2D eigenvalue weighted by Crippen LogP contribution is -2.34. The van der Waals surface area contributed by atoms with Crippen LogP contribution in [0.1, 0.15) is 18.5 Å². The summed E-state index contributed by atoms with van der Waals surface area (Å²) in [6, 6.07) is -0.787. The van der Waals surface area contributed by atoms with Crippen LogP contribution in [0.25, 0.3) is 0 Å². The molecule has 2 N–H and O–H groups in total. The summed E-state index contributed by atoms with van der Waals surface area (Å²) in [4.78, 5) is 25.1. The molecule has 8 heteroatoms. The van der Waals surface area contributed by atoms with Crippen molar-refractivity contribution in [2.45, 2.75) is 19.4 Å². The lowest BCUT2D eigenvalue weighted by atomic mass is 10.2. The van der Waals surface area contributed by atoms with Gasteiger partial charge in [-0.25, -0.2) is 13.2 Å². The number of hydrogen-bond acceptors (Lipinski definition) is 5. The van der Waals surface area contributed by atoms with Crippen LogP contribution < -0.4 is 11.2 Å². The normalized spacial score (nSPS) is 21.3. The van der Waals surface area contributed by atoms with E-state index in [1.165, 1.54) is 6.08 Å². The maximum Gasteiger partial charge on any atom is 0.331 e. The molecule has 2 rings (SSSR count). The Morgan fingerprint density at radius 2 is 2.17 bits per heavy atom. The van der Waals surface area contributed by atoms with Crippen LogP contribution in [0.15, 0.2) is 21.1 Å². The third kappa shape index (κ3) is 1.99. The van der Waals surface area contributed by atoms with E-state index in [4.69, 9.17) is 0 Å². The van der Waals surface area contributed by atoms with E-state index >= 15 is 0 Å².